The van der Waals surface area contributed by atoms with Crippen molar-refractivity contribution in [3.8, 4) is 0 Å². The van der Waals surface area contributed by atoms with Crippen LogP contribution in [-0.2, 0) is 0 Å². The van der Waals surface area contributed by atoms with Crippen LogP contribution in [0.15, 0.2) is 18.2 Å². The van der Waals surface area contributed by atoms with Crippen LogP contribution in [0, 0.1) is 5.82 Å². The summed E-state index contributed by atoms with van der Waals surface area (Å²) in [7, 11) is 0. The summed E-state index contributed by atoms with van der Waals surface area (Å²) >= 11 is 0. The molecule has 1 aromatic carbocycles. The van der Waals surface area contributed by atoms with E-state index in [2.05, 4.69) is 0 Å². The number of hydrogen-bond acceptors (Lipinski definition) is 1. The predicted molar refractivity (Wildman–Crippen MR) is 46.0 cm³/mol. The Labute approximate surface area is 79.5 Å². The average molecular weight is 202 g/mol. The molecule has 0 aliphatic heterocycles. The number of alkyl halides is 2. The third-order valence-electron chi connectivity index (χ3n) is 1.88. The summed E-state index contributed by atoms with van der Waals surface area (Å²) in [5, 5.41) is 0. The maximum Gasteiger partial charge on any atom is 0.264 e. The van der Waals surface area contributed by atoms with Gasteiger partial charge in [-0.15, -0.1) is 0 Å². The van der Waals surface area contributed by atoms with Gasteiger partial charge in [0.25, 0.3) is 6.43 Å². The van der Waals surface area contributed by atoms with Crippen LogP contribution in [-0.4, -0.2) is 5.78 Å². The summed E-state index contributed by atoms with van der Waals surface area (Å²) in [6, 6.07) is 3.24. The van der Waals surface area contributed by atoms with Crippen molar-refractivity contribution < 1.29 is 18.0 Å². The highest BCUT2D eigenvalue weighted by molar-refractivity contribution is 5.97. The summed E-state index contributed by atoms with van der Waals surface area (Å²) in [5.41, 5.74) is -1.01. The first-order valence-corrected chi connectivity index (χ1v) is 4.17. The molecule has 0 saturated carbocycles. The van der Waals surface area contributed by atoms with E-state index >= 15 is 0 Å². The second kappa shape index (κ2) is 4.26. The highest BCUT2D eigenvalue weighted by atomic mass is 19.3. The van der Waals surface area contributed by atoms with Gasteiger partial charge in [0.05, 0.1) is 5.56 Å². The minimum Gasteiger partial charge on any atom is -0.294 e. The molecule has 76 valence electrons. The van der Waals surface area contributed by atoms with Crippen molar-refractivity contribution in [1.29, 1.82) is 0 Å². The second-order valence-electron chi connectivity index (χ2n) is 2.78. The van der Waals surface area contributed by atoms with Gasteiger partial charge in [0.15, 0.2) is 5.78 Å². The molecule has 0 fully saturated rings. The van der Waals surface area contributed by atoms with Gasteiger partial charge in [0, 0.05) is 12.0 Å². The molecular formula is C10H9F3O. The van der Waals surface area contributed by atoms with Gasteiger partial charge in [-0.3, -0.25) is 4.79 Å². The van der Waals surface area contributed by atoms with E-state index in [0.29, 0.717) is 0 Å². The van der Waals surface area contributed by atoms with E-state index in [1.54, 1.807) is 0 Å². The monoisotopic (exact) mass is 202 g/mol. The van der Waals surface area contributed by atoms with Crippen molar-refractivity contribution in [2.45, 2.75) is 19.8 Å². The highest BCUT2D eigenvalue weighted by Crippen LogP contribution is 2.25. The topological polar surface area (TPSA) is 17.1 Å². The normalized spacial score (nSPS) is 10.6. The van der Waals surface area contributed by atoms with Crippen LogP contribution in [0.5, 0.6) is 0 Å². The predicted octanol–water partition coefficient (Wildman–Crippen LogP) is 3.36. The molecule has 0 spiro atoms. The summed E-state index contributed by atoms with van der Waals surface area (Å²) in [5.74, 6) is -1.48. The zero-order valence-corrected chi connectivity index (χ0v) is 7.56. The van der Waals surface area contributed by atoms with E-state index in [9.17, 15) is 18.0 Å². The van der Waals surface area contributed by atoms with Gasteiger partial charge >= 0.3 is 0 Å². The Bertz CT molecular complexity index is 347. The first-order chi connectivity index (χ1) is 6.57. The van der Waals surface area contributed by atoms with Crippen LogP contribution in [0.4, 0.5) is 13.2 Å². The van der Waals surface area contributed by atoms with Crippen LogP contribution in [0.1, 0.15) is 35.7 Å². The number of halogens is 3. The van der Waals surface area contributed by atoms with Crippen LogP contribution in [0.25, 0.3) is 0 Å². The van der Waals surface area contributed by atoms with Crippen molar-refractivity contribution in [2.75, 3.05) is 0 Å². The van der Waals surface area contributed by atoms with Crippen LogP contribution in [0.3, 0.4) is 0 Å². The Morgan fingerprint density at radius 2 is 2.07 bits per heavy atom. The van der Waals surface area contributed by atoms with Crippen LogP contribution >= 0.6 is 0 Å². The molecule has 0 heterocycles. The number of hydrogen-bond donors (Lipinski definition) is 0. The summed E-state index contributed by atoms with van der Waals surface area (Å²) in [4.78, 5) is 11.2. The van der Waals surface area contributed by atoms with Crippen molar-refractivity contribution >= 4 is 5.78 Å². The van der Waals surface area contributed by atoms with Gasteiger partial charge in [-0.2, -0.15) is 0 Å². The van der Waals surface area contributed by atoms with Gasteiger partial charge in [0.2, 0.25) is 0 Å². The highest BCUT2D eigenvalue weighted by Gasteiger charge is 2.20. The third-order valence-corrected chi connectivity index (χ3v) is 1.88. The maximum atomic E-state index is 13.1. The third kappa shape index (κ3) is 1.95. The van der Waals surface area contributed by atoms with Gasteiger partial charge in [-0.05, 0) is 6.07 Å². The van der Waals surface area contributed by atoms with Crippen molar-refractivity contribution in [2.24, 2.45) is 0 Å². The molecule has 0 aromatic heterocycles. The second-order valence-corrected chi connectivity index (χ2v) is 2.78. The van der Waals surface area contributed by atoms with E-state index in [0.717, 1.165) is 12.1 Å². The lowest BCUT2D eigenvalue weighted by molar-refractivity contribution is 0.0969. The smallest absolute Gasteiger partial charge is 0.264 e. The molecule has 0 bridgehead atoms. The minimum atomic E-state index is -2.82. The Kier molecular flexibility index (Phi) is 3.28. The molecule has 1 nitrogen and oxygen atoms in total. The number of carbonyl (C=O) groups excluding carboxylic acids is 1. The lowest BCUT2D eigenvalue weighted by Crippen LogP contribution is -2.06. The molecule has 1 aromatic rings. The molecule has 14 heavy (non-hydrogen) atoms. The molecule has 0 aliphatic carbocycles. The molecule has 0 aliphatic rings. The molecule has 0 unspecified atom stereocenters. The van der Waals surface area contributed by atoms with E-state index in [1.807, 2.05) is 0 Å². The zero-order valence-electron chi connectivity index (χ0n) is 7.56. The Morgan fingerprint density at radius 3 is 2.57 bits per heavy atom. The van der Waals surface area contributed by atoms with E-state index in [4.69, 9.17) is 0 Å². The Hall–Kier alpha value is -1.32. The fraction of sp³-hybridized carbons (Fsp3) is 0.300. The van der Waals surface area contributed by atoms with Crippen molar-refractivity contribution in [1.82, 2.24) is 0 Å². The van der Waals surface area contributed by atoms with E-state index in [-0.39, 0.29) is 6.42 Å². The van der Waals surface area contributed by atoms with Gasteiger partial charge in [-0.25, -0.2) is 13.2 Å². The molecular weight excluding hydrogens is 193 g/mol. The number of rotatable bonds is 3. The standard InChI is InChI=1S/C10H9F3O/c1-2-8(14)9-6(10(12)13)4-3-5-7(9)11/h3-5,10H,2H2,1H3. The van der Waals surface area contributed by atoms with E-state index in [1.165, 1.54) is 13.0 Å². The first-order valence-electron chi connectivity index (χ1n) is 4.17. The number of carbonyl (C=O) groups is 1. The van der Waals surface area contributed by atoms with E-state index < -0.39 is 29.2 Å². The molecule has 1 rings (SSSR count). The lowest BCUT2D eigenvalue weighted by atomic mass is 10.0. The molecule has 0 amide bonds. The molecule has 0 atom stereocenters. The number of ketones is 1. The summed E-state index contributed by atoms with van der Waals surface area (Å²) in [6.07, 6.45) is -2.81. The minimum absolute atomic E-state index is 0.0145. The van der Waals surface area contributed by atoms with Crippen molar-refractivity contribution in [3.63, 3.8) is 0 Å². The Morgan fingerprint density at radius 1 is 1.43 bits per heavy atom. The SMILES string of the molecule is CCC(=O)c1c(F)cccc1C(F)F. The molecule has 0 N–H and O–H groups in total. The van der Waals surface area contributed by atoms with Gasteiger partial charge in [0.1, 0.15) is 5.82 Å². The fourth-order valence-electron chi connectivity index (χ4n) is 1.19. The van der Waals surface area contributed by atoms with Gasteiger partial charge in [-0.1, -0.05) is 19.1 Å². The molecule has 4 heteroatoms. The largest absolute Gasteiger partial charge is 0.294 e. The quantitative estimate of drug-likeness (QED) is 0.687. The molecule has 0 radical (unpaired) electrons. The lowest BCUT2D eigenvalue weighted by Gasteiger charge is -2.07. The van der Waals surface area contributed by atoms with Crippen molar-refractivity contribution in [3.05, 3.63) is 35.1 Å². The summed E-state index contributed by atoms with van der Waals surface area (Å²) in [6.45, 7) is 1.50. The fourth-order valence-corrected chi connectivity index (χ4v) is 1.19. The average Bonchev–Trinajstić information content (AvgIpc) is 2.16. The number of benzene rings is 1. The van der Waals surface area contributed by atoms with Crippen LogP contribution < -0.4 is 0 Å². The summed E-state index contributed by atoms with van der Waals surface area (Å²) < 4.78 is 37.9. The maximum absolute atomic E-state index is 13.1. The molecule has 0 saturated heterocycles. The Balaban J connectivity index is 3.29. The number of Topliss-reactive ketones (excluding diaryl/α,β-unsaturated/α-hetero) is 1. The van der Waals surface area contributed by atoms with Crippen LogP contribution in [0.2, 0.25) is 0 Å². The van der Waals surface area contributed by atoms with Gasteiger partial charge < -0.3 is 0 Å². The zero-order chi connectivity index (χ0) is 10.7. The first kappa shape index (κ1) is 10.8.